The van der Waals surface area contributed by atoms with Crippen LogP contribution in [0, 0.1) is 0 Å². The number of amides is 1. The summed E-state index contributed by atoms with van der Waals surface area (Å²) >= 11 is 0. The average molecular weight is 442 g/mol. The third kappa shape index (κ3) is 5.38. The highest BCUT2D eigenvalue weighted by atomic mass is 32.2. The van der Waals surface area contributed by atoms with Crippen LogP contribution in [-0.4, -0.2) is 29.8 Å². The summed E-state index contributed by atoms with van der Waals surface area (Å²) in [6.07, 6.45) is 0.325. The van der Waals surface area contributed by atoms with Gasteiger partial charge in [0.25, 0.3) is 5.91 Å². The Kier molecular flexibility index (Phi) is 6.31. The Bertz CT molecular complexity index is 1160. The predicted octanol–water partition coefficient (Wildman–Crippen LogP) is 4.39. The second kappa shape index (κ2) is 8.63. The number of benzene rings is 2. The van der Waals surface area contributed by atoms with Gasteiger partial charge in [0.2, 0.25) is 5.89 Å². The Hall–Kier alpha value is -3.00. The van der Waals surface area contributed by atoms with Crippen LogP contribution in [-0.2, 0) is 21.7 Å². The molecule has 0 atom stereocenters. The van der Waals surface area contributed by atoms with Crippen molar-refractivity contribution in [3.8, 4) is 0 Å². The van der Waals surface area contributed by atoms with E-state index < -0.39 is 15.1 Å². The normalized spacial score (nSPS) is 12.2. The molecule has 0 aliphatic heterocycles. The van der Waals surface area contributed by atoms with Crippen molar-refractivity contribution in [1.82, 2.24) is 10.2 Å². The van der Waals surface area contributed by atoms with Crippen molar-refractivity contribution in [2.24, 2.45) is 0 Å². The lowest BCUT2D eigenvalue weighted by molar-refractivity contribution is 0.102. The topological polar surface area (TPSA) is 102 Å². The fourth-order valence-corrected chi connectivity index (χ4v) is 3.97. The van der Waals surface area contributed by atoms with E-state index >= 15 is 0 Å². The highest BCUT2D eigenvalue weighted by molar-refractivity contribution is 7.92. The smallest absolute Gasteiger partial charge is 0.322 e. The van der Waals surface area contributed by atoms with Crippen molar-refractivity contribution in [2.75, 3.05) is 5.32 Å². The Morgan fingerprint density at radius 2 is 1.61 bits per heavy atom. The molecule has 0 aliphatic rings. The maximum Gasteiger partial charge on any atom is 0.322 e. The number of nitrogens with one attached hydrogen (secondary N) is 1. The van der Waals surface area contributed by atoms with E-state index in [0.717, 1.165) is 11.1 Å². The molecule has 0 spiro atoms. The molecule has 0 saturated carbocycles. The zero-order chi connectivity index (χ0) is 22.8. The SMILES string of the molecule is CC(C)S(=O)(=O)c1ccc(Cc2nnc(NC(=O)c3ccc(C(C)(C)C)cc3)o2)cc1. The molecule has 3 aromatic rings. The molecule has 0 bridgehead atoms. The van der Waals surface area contributed by atoms with Gasteiger partial charge in [-0.1, -0.05) is 50.1 Å². The third-order valence-electron chi connectivity index (χ3n) is 4.93. The molecule has 0 saturated heterocycles. The number of carbonyl (C=O) groups is 1. The molecule has 0 fully saturated rings. The third-order valence-corrected chi connectivity index (χ3v) is 7.10. The lowest BCUT2D eigenvalue weighted by Gasteiger charge is -2.18. The van der Waals surface area contributed by atoms with Crippen molar-refractivity contribution in [3.05, 3.63) is 71.1 Å². The predicted molar refractivity (Wildman–Crippen MR) is 119 cm³/mol. The van der Waals surface area contributed by atoms with Gasteiger partial charge in [0.1, 0.15) is 0 Å². The van der Waals surface area contributed by atoms with Gasteiger partial charge in [0.05, 0.1) is 16.6 Å². The molecule has 0 radical (unpaired) electrons. The van der Waals surface area contributed by atoms with E-state index in [4.69, 9.17) is 4.42 Å². The van der Waals surface area contributed by atoms with Gasteiger partial charge in [-0.15, -0.1) is 5.10 Å². The van der Waals surface area contributed by atoms with Gasteiger partial charge in [-0.2, -0.15) is 0 Å². The van der Waals surface area contributed by atoms with E-state index in [-0.39, 0.29) is 22.2 Å². The van der Waals surface area contributed by atoms with Crippen molar-refractivity contribution >= 4 is 21.8 Å². The summed E-state index contributed by atoms with van der Waals surface area (Å²) < 4.78 is 29.9. The van der Waals surface area contributed by atoms with Crippen LogP contribution in [0.2, 0.25) is 0 Å². The summed E-state index contributed by atoms with van der Waals surface area (Å²) in [5.41, 5.74) is 2.46. The van der Waals surface area contributed by atoms with Crippen molar-refractivity contribution in [1.29, 1.82) is 0 Å². The minimum absolute atomic E-state index is 0.00751. The largest absolute Gasteiger partial charge is 0.407 e. The molecule has 31 heavy (non-hydrogen) atoms. The summed E-state index contributed by atoms with van der Waals surface area (Å²) in [5, 5.41) is 9.95. The maximum atomic E-state index is 12.4. The van der Waals surface area contributed by atoms with Crippen LogP contribution >= 0.6 is 0 Å². The van der Waals surface area contributed by atoms with Crippen LogP contribution < -0.4 is 5.32 Å². The van der Waals surface area contributed by atoms with Crippen molar-refractivity contribution in [2.45, 2.75) is 56.6 Å². The van der Waals surface area contributed by atoms with Crippen LogP contribution in [0.5, 0.6) is 0 Å². The molecule has 1 heterocycles. The first-order chi connectivity index (χ1) is 14.5. The standard InChI is InChI=1S/C23H27N3O4S/c1-15(2)31(28,29)19-12-6-16(7-13-19)14-20-25-26-22(30-20)24-21(27)17-8-10-18(11-9-17)23(3,4)5/h6-13,15H,14H2,1-5H3,(H,24,26,27). The fraction of sp³-hybridized carbons (Fsp3) is 0.348. The van der Waals surface area contributed by atoms with E-state index in [1.165, 1.54) is 0 Å². The molecule has 0 unspecified atom stereocenters. The zero-order valence-electron chi connectivity index (χ0n) is 18.3. The first-order valence-electron chi connectivity index (χ1n) is 10.0. The summed E-state index contributed by atoms with van der Waals surface area (Å²) in [6, 6.07) is 14.0. The number of hydrogen-bond acceptors (Lipinski definition) is 6. The lowest BCUT2D eigenvalue weighted by Crippen LogP contribution is -2.14. The van der Waals surface area contributed by atoms with Gasteiger partial charge in [-0.25, -0.2) is 8.42 Å². The first-order valence-corrected chi connectivity index (χ1v) is 11.6. The second-order valence-electron chi connectivity index (χ2n) is 8.70. The molecular weight excluding hydrogens is 414 g/mol. The highest BCUT2D eigenvalue weighted by Gasteiger charge is 2.19. The summed E-state index contributed by atoms with van der Waals surface area (Å²) in [5.74, 6) is -0.0169. The van der Waals surface area contributed by atoms with Gasteiger partial charge in [0.15, 0.2) is 9.84 Å². The molecule has 3 rings (SSSR count). The number of hydrogen-bond donors (Lipinski definition) is 1. The second-order valence-corrected chi connectivity index (χ2v) is 11.2. The van der Waals surface area contributed by atoms with Gasteiger partial charge >= 0.3 is 6.01 Å². The van der Waals surface area contributed by atoms with Gasteiger partial charge < -0.3 is 4.42 Å². The number of rotatable bonds is 6. The quantitative estimate of drug-likeness (QED) is 0.609. The molecule has 1 N–H and O–H groups in total. The summed E-state index contributed by atoms with van der Waals surface area (Å²) in [6.45, 7) is 9.63. The average Bonchev–Trinajstić information content (AvgIpc) is 3.14. The molecule has 0 aliphatic carbocycles. The number of carbonyl (C=O) groups excluding carboxylic acids is 1. The molecule has 8 heteroatoms. The Morgan fingerprint density at radius 3 is 2.16 bits per heavy atom. The van der Waals surface area contributed by atoms with E-state index in [0.29, 0.717) is 17.9 Å². The van der Waals surface area contributed by atoms with Crippen LogP contribution in [0.1, 0.15) is 62.0 Å². The molecule has 1 amide bonds. The maximum absolute atomic E-state index is 12.4. The zero-order valence-corrected chi connectivity index (χ0v) is 19.2. The lowest BCUT2D eigenvalue weighted by atomic mass is 9.87. The Labute approximate surface area is 182 Å². The molecule has 2 aromatic carbocycles. The molecule has 164 valence electrons. The van der Waals surface area contributed by atoms with Crippen LogP contribution in [0.15, 0.2) is 57.8 Å². The van der Waals surface area contributed by atoms with Gasteiger partial charge in [0, 0.05) is 5.56 Å². The van der Waals surface area contributed by atoms with E-state index in [1.54, 1.807) is 50.2 Å². The van der Waals surface area contributed by atoms with Crippen LogP contribution in [0.4, 0.5) is 6.01 Å². The van der Waals surface area contributed by atoms with Gasteiger partial charge in [-0.3, -0.25) is 10.1 Å². The van der Waals surface area contributed by atoms with Crippen LogP contribution in [0.25, 0.3) is 0 Å². The first kappa shape index (κ1) is 22.7. The number of aromatic nitrogens is 2. The van der Waals surface area contributed by atoms with Crippen LogP contribution in [0.3, 0.4) is 0 Å². The van der Waals surface area contributed by atoms with Crippen molar-refractivity contribution < 1.29 is 17.6 Å². The van der Waals surface area contributed by atoms with E-state index in [9.17, 15) is 13.2 Å². The summed E-state index contributed by atoms with van der Waals surface area (Å²) in [4.78, 5) is 12.7. The fourth-order valence-electron chi connectivity index (χ4n) is 2.91. The Balaban J connectivity index is 1.65. The monoisotopic (exact) mass is 441 g/mol. The molecule has 7 nitrogen and oxygen atoms in total. The number of nitrogens with zero attached hydrogens (tertiary/aromatic N) is 2. The molecule has 1 aromatic heterocycles. The molecular formula is C23H27N3O4S. The highest BCUT2D eigenvalue weighted by Crippen LogP contribution is 2.23. The van der Waals surface area contributed by atoms with Crippen molar-refractivity contribution in [3.63, 3.8) is 0 Å². The number of sulfone groups is 1. The minimum atomic E-state index is -3.31. The Morgan fingerprint density at radius 1 is 1.00 bits per heavy atom. The minimum Gasteiger partial charge on any atom is -0.407 e. The van der Waals surface area contributed by atoms with E-state index in [2.05, 4.69) is 36.3 Å². The van der Waals surface area contributed by atoms with Gasteiger partial charge in [-0.05, 0) is 54.7 Å². The van der Waals surface area contributed by atoms with E-state index in [1.807, 2.05) is 12.1 Å². The summed E-state index contributed by atoms with van der Waals surface area (Å²) in [7, 11) is -3.31. The number of anilines is 1.